The number of aryl methyl sites for hydroxylation is 1. The number of benzene rings is 3. The van der Waals surface area contributed by atoms with Crippen LogP contribution in [0.1, 0.15) is 23.6 Å². The minimum absolute atomic E-state index is 0.358. The number of hydrogen-bond acceptors (Lipinski definition) is 5. The first kappa shape index (κ1) is 23.8. The molecule has 0 aliphatic carbocycles. The smallest absolute Gasteiger partial charge is 0.329 e. The summed E-state index contributed by atoms with van der Waals surface area (Å²) in [4.78, 5) is 24.1. The van der Waals surface area contributed by atoms with Gasteiger partial charge < -0.3 is 14.8 Å². The zero-order valence-electron chi connectivity index (χ0n) is 18.3. The fourth-order valence-corrected chi connectivity index (χ4v) is 2.97. The molecule has 33 heavy (non-hydrogen) atoms. The monoisotopic (exact) mass is 465 g/mol. The van der Waals surface area contributed by atoms with Crippen molar-refractivity contribution in [2.24, 2.45) is 5.10 Å². The number of nitrogens with zero attached hydrogens (tertiary/aromatic N) is 1. The lowest BCUT2D eigenvalue weighted by Gasteiger charge is -2.12. The maximum Gasteiger partial charge on any atom is 0.329 e. The molecule has 3 aromatic carbocycles. The number of carbonyl (C=O) groups is 2. The minimum atomic E-state index is -0.873. The quantitative estimate of drug-likeness (QED) is 0.286. The topological polar surface area (TPSA) is 89.0 Å². The predicted molar refractivity (Wildman–Crippen MR) is 129 cm³/mol. The third-order valence-electron chi connectivity index (χ3n) is 4.55. The molecule has 0 fully saturated rings. The van der Waals surface area contributed by atoms with Crippen LogP contribution in [0.15, 0.2) is 71.8 Å². The second kappa shape index (κ2) is 11.7. The van der Waals surface area contributed by atoms with Crippen LogP contribution in [0.4, 0.5) is 5.69 Å². The van der Waals surface area contributed by atoms with E-state index in [4.69, 9.17) is 21.1 Å². The number of para-hydroxylation sites is 1. The molecule has 0 atom stereocenters. The van der Waals surface area contributed by atoms with E-state index in [1.165, 1.54) is 6.21 Å². The van der Waals surface area contributed by atoms with Crippen molar-refractivity contribution >= 4 is 35.3 Å². The molecule has 170 valence electrons. The zero-order chi connectivity index (χ0) is 23.6. The summed E-state index contributed by atoms with van der Waals surface area (Å²) >= 11 is 5.91. The highest BCUT2D eigenvalue weighted by atomic mass is 35.5. The average molecular weight is 466 g/mol. The molecule has 3 rings (SSSR count). The van der Waals surface area contributed by atoms with Gasteiger partial charge in [-0.05, 0) is 66.9 Å². The summed E-state index contributed by atoms with van der Waals surface area (Å²) in [6.45, 7) is 4.52. The van der Waals surface area contributed by atoms with Gasteiger partial charge in [0.2, 0.25) is 0 Å². The Hall–Kier alpha value is -3.84. The van der Waals surface area contributed by atoms with Gasteiger partial charge in [0, 0.05) is 10.7 Å². The van der Waals surface area contributed by atoms with E-state index < -0.39 is 11.8 Å². The normalized spacial score (nSPS) is 10.6. The Morgan fingerprint density at radius 1 is 0.970 bits per heavy atom. The number of carbonyl (C=O) groups excluding carboxylic acids is 2. The second-order valence-electron chi connectivity index (χ2n) is 7.02. The summed E-state index contributed by atoms with van der Waals surface area (Å²) in [6.07, 6.45) is 1.42. The molecule has 0 radical (unpaired) electrons. The Kier molecular flexibility index (Phi) is 8.43. The molecule has 0 unspecified atom stereocenters. The first-order chi connectivity index (χ1) is 16.0. The van der Waals surface area contributed by atoms with Gasteiger partial charge in [-0.25, -0.2) is 5.43 Å². The van der Waals surface area contributed by atoms with E-state index in [1.807, 2.05) is 38.1 Å². The van der Waals surface area contributed by atoms with E-state index in [0.29, 0.717) is 41.0 Å². The SMILES string of the molecule is CCOc1cc(/C=N\NC(=O)C(=O)Nc2ccccc2C)ccc1OCc1ccc(Cl)cc1. The third kappa shape index (κ3) is 7.08. The van der Waals surface area contributed by atoms with E-state index in [2.05, 4.69) is 15.8 Å². The summed E-state index contributed by atoms with van der Waals surface area (Å²) in [5, 5.41) is 7.08. The van der Waals surface area contributed by atoms with Crippen molar-refractivity contribution in [1.82, 2.24) is 5.43 Å². The molecule has 0 aliphatic heterocycles. The van der Waals surface area contributed by atoms with Gasteiger partial charge >= 0.3 is 11.8 Å². The van der Waals surface area contributed by atoms with E-state index in [0.717, 1.165) is 11.1 Å². The Labute approximate surface area is 197 Å². The molecule has 2 N–H and O–H groups in total. The number of halogens is 1. The lowest BCUT2D eigenvalue weighted by Crippen LogP contribution is -2.32. The summed E-state index contributed by atoms with van der Waals surface area (Å²) in [5.41, 5.74) is 5.28. The van der Waals surface area contributed by atoms with Crippen LogP contribution in [0, 0.1) is 6.92 Å². The molecule has 0 heterocycles. The maximum absolute atomic E-state index is 12.1. The molecular formula is C25H24ClN3O4. The standard InChI is InChI=1S/C25H24ClN3O4/c1-3-32-23-14-19(10-13-22(23)33-16-18-8-11-20(26)12-9-18)15-27-29-25(31)24(30)28-21-7-5-4-6-17(21)2/h4-15H,3,16H2,1-2H3,(H,28,30)(H,29,31)/b27-15-. The number of nitrogens with one attached hydrogen (secondary N) is 2. The van der Waals surface area contributed by atoms with Crippen LogP contribution in [0.25, 0.3) is 0 Å². The van der Waals surface area contributed by atoms with Crippen molar-refractivity contribution in [2.45, 2.75) is 20.5 Å². The Morgan fingerprint density at radius 3 is 2.45 bits per heavy atom. The highest BCUT2D eigenvalue weighted by molar-refractivity contribution is 6.39. The van der Waals surface area contributed by atoms with Crippen molar-refractivity contribution in [2.75, 3.05) is 11.9 Å². The number of ether oxygens (including phenoxy) is 2. The van der Waals surface area contributed by atoms with Crippen LogP contribution >= 0.6 is 11.6 Å². The highest BCUT2D eigenvalue weighted by Gasteiger charge is 2.13. The van der Waals surface area contributed by atoms with Crippen LogP contribution in [0.5, 0.6) is 11.5 Å². The number of hydrogen-bond donors (Lipinski definition) is 2. The number of rotatable bonds is 8. The fourth-order valence-electron chi connectivity index (χ4n) is 2.84. The van der Waals surface area contributed by atoms with Gasteiger partial charge in [-0.1, -0.05) is 41.9 Å². The van der Waals surface area contributed by atoms with Crippen molar-refractivity contribution < 1.29 is 19.1 Å². The molecule has 2 amide bonds. The maximum atomic E-state index is 12.1. The van der Waals surface area contributed by atoms with Crippen LogP contribution < -0.4 is 20.2 Å². The summed E-state index contributed by atoms with van der Waals surface area (Å²) in [7, 11) is 0. The van der Waals surface area contributed by atoms with E-state index in [-0.39, 0.29) is 0 Å². The average Bonchev–Trinajstić information content (AvgIpc) is 2.81. The first-order valence-corrected chi connectivity index (χ1v) is 10.7. The largest absolute Gasteiger partial charge is 0.490 e. The van der Waals surface area contributed by atoms with Crippen LogP contribution in [-0.4, -0.2) is 24.6 Å². The molecule has 0 saturated carbocycles. The lowest BCUT2D eigenvalue weighted by molar-refractivity contribution is -0.136. The Bertz CT molecular complexity index is 1150. The number of anilines is 1. The van der Waals surface area contributed by atoms with E-state index in [1.54, 1.807) is 42.5 Å². The van der Waals surface area contributed by atoms with Gasteiger partial charge in [0.15, 0.2) is 11.5 Å². The molecule has 0 spiro atoms. The molecule has 8 heteroatoms. The summed E-state index contributed by atoms with van der Waals surface area (Å²) in [5.74, 6) is -0.561. The fraction of sp³-hybridized carbons (Fsp3) is 0.160. The van der Waals surface area contributed by atoms with Gasteiger partial charge in [-0.15, -0.1) is 0 Å². The predicted octanol–water partition coefficient (Wildman–Crippen LogP) is 4.71. The van der Waals surface area contributed by atoms with Crippen LogP contribution in [-0.2, 0) is 16.2 Å². The van der Waals surface area contributed by atoms with Crippen LogP contribution in [0.3, 0.4) is 0 Å². The molecule has 0 aromatic heterocycles. The van der Waals surface area contributed by atoms with Gasteiger partial charge in [0.05, 0.1) is 12.8 Å². The lowest BCUT2D eigenvalue weighted by atomic mass is 10.2. The molecule has 0 saturated heterocycles. The summed E-state index contributed by atoms with van der Waals surface area (Å²) in [6, 6.07) is 19.8. The van der Waals surface area contributed by atoms with Gasteiger partial charge in [-0.2, -0.15) is 5.10 Å². The van der Waals surface area contributed by atoms with Gasteiger partial charge in [0.25, 0.3) is 0 Å². The Balaban J connectivity index is 1.59. The molecule has 3 aromatic rings. The summed E-state index contributed by atoms with van der Waals surface area (Å²) < 4.78 is 11.5. The molecule has 7 nitrogen and oxygen atoms in total. The van der Waals surface area contributed by atoms with Crippen LogP contribution in [0.2, 0.25) is 5.02 Å². The molecule has 0 aliphatic rings. The van der Waals surface area contributed by atoms with Gasteiger partial charge in [-0.3, -0.25) is 9.59 Å². The molecule has 0 bridgehead atoms. The van der Waals surface area contributed by atoms with Crippen molar-refractivity contribution in [3.63, 3.8) is 0 Å². The third-order valence-corrected chi connectivity index (χ3v) is 4.81. The molecular weight excluding hydrogens is 442 g/mol. The van der Waals surface area contributed by atoms with E-state index >= 15 is 0 Å². The number of hydrazone groups is 1. The first-order valence-electron chi connectivity index (χ1n) is 10.3. The van der Waals surface area contributed by atoms with Gasteiger partial charge in [0.1, 0.15) is 6.61 Å². The van der Waals surface area contributed by atoms with Crippen molar-refractivity contribution in [3.8, 4) is 11.5 Å². The second-order valence-corrected chi connectivity index (χ2v) is 7.46. The number of amides is 2. The Morgan fingerprint density at radius 2 is 1.73 bits per heavy atom. The zero-order valence-corrected chi connectivity index (χ0v) is 19.1. The van der Waals surface area contributed by atoms with E-state index in [9.17, 15) is 9.59 Å². The minimum Gasteiger partial charge on any atom is -0.490 e. The highest BCUT2D eigenvalue weighted by Crippen LogP contribution is 2.29. The van der Waals surface area contributed by atoms with Crippen molar-refractivity contribution in [3.05, 3.63) is 88.4 Å². The van der Waals surface area contributed by atoms with Crippen molar-refractivity contribution in [1.29, 1.82) is 0 Å².